The Hall–Kier alpha value is -3.88. The standard InChI is InChI=1S/C27H23F3N2O5S/c1-15-13-17(7-6-12-31)14-16(2)22(15)19-10-11-21-24(23(19)26(33)34)25(37-38(35,36)27(28,29)30)18-8-4-5-9-20(18)32(21)3/h4-5,8-11,13-14,25H,6-7H2,1-3H3,(H,33,34). The molecule has 0 saturated carbocycles. The summed E-state index contributed by atoms with van der Waals surface area (Å²) in [6, 6.07) is 15.0. The van der Waals surface area contributed by atoms with Crippen LogP contribution < -0.4 is 4.90 Å². The highest BCUT2D eigenvalue weighted by Gasteiger charge is 2.50. The first-order chi connectivity index (χ1) is 17.8. The number of anilines is 2. The molecule has 3 aromatic carbocycles. The molecule has 3 aromatic rings. The Morgan fingerprint density at radius 1 is 1.11 bits per heavy atom. The number of para-hydroxylation sites is 1. The van der Waals surface area contributed by atoms with Crippen molar-refractivity contribution >= 4 is 27.5 Å². The monoisotopic (exact) mass is 544 g/mol. The quantitative estimate of drug-likeness (QED) is 0.292. The SMILES string of the molecule is Cc1cc(CCC#N)cc(C)c1-c1ccc2c(c1C(=O)O)C(OS(=O)(=O)C(F)(F)F)c1ccccc1N2C. The maximum atomic E-state index is 13.4. The molecule has 1 atom stereocenters. The predicted octanol–water partition coefficient (Wildman–Crippen LogP) is 6.16. The van der Waals surface area contributed by atoms with Crippen LogP contribution in [0.1, 0.15) is 50.7 Å². The summed E-state index contributed by atoms with van der Waals surface area (Å²) in [5.74, 6) is -1.45. The number of carboxylic acid groups (broad SMARTS) is 1. The molecular weight excluding hydrogens is 521 g/mol. The third-order valence-corrected chi connectivity index (χ3v) is 7.55. The second-order valence-corrected chi connectivity index (χ2v) is 10.5. The summed E-state index contributed by atoms with van der Waals surface area (Å²) in [5, 5.41) is 19.3. The van der Waals surface area contributed by atoms with E-state index in [0.717, 1.165) is 5.56 Å². The van der Waals surface area contributed by atoms with Crippen LogP contribution in [0.2, 0.25) is 0 Å². The zero-order valence-electron chi connectivity index (χ0n) is 20.6. The first kappa shape index (κ1) is 27.2. The number of carboxylic acids is 1. The summed E-state index contributed by atoms with van der Waals surface area (Å²) in [6.45, 7) is 3.54. The minimum absolute atomic E-state index is 0.0790. The van der Waals surface area contributed by atoms with Gasteiger partial charge in [0.2, 0.25) is 0 Å². The van der Waals surface area contributed by atoms with Crippen molar-refractivity contribution in [2.75, 3.05) is 11.9 Å². The van der Waals surface area contributed by atoms with Crippen LogP contribution in [-0.2, 0) is 20.7 Å². The topological polar surface area (TPSA) is 108 Å². The molecule has 1 heterocycles. The molecule has 198 valence electrons. The van der Waals surface area contributed by atoms with Gasteiger partial charge in [0.05, 0.1) is 11.6 Å². The smallest absolute Gasteiger partial charge is 0.478 e. The van der Waals surface area contributed by atoms with Crippen molar-refractivity contribution in [3.63, 3.8) is 0 Å². The molecule has 7 nitrogen and oxygen atoms in total. The van der Waals surface area contributed by atoms with E-state index in [-0.39, 0.29) is 27.9 Å². The summed E-state index contributed by atoms with van der Waals surface area (Å²) in [7, 11) is -4.48. The molecule has 0 aromatic heterocycles. The van der Waals surface area contributed by atoms with E-state index < -0.39 is 27.7 Å². The number of hydrogen-bond acceptors (Lipinski definition) is 6. The van der Waals surface area contributed by atoms with E-state index in [1.807, 2.05) is 12.1 Å². The van der Waals surface area contributed by atoms with E-state index in [0.29, 0.717) is 35.2 Å². The molecular formula is C27H23F3N2O5S. The molecule has 1 N–H and O–H groups in total. The summed E-state index contributed by atoms with van der Waals surface area (Å²) < 4.78 is 69.3. The van der Waals surface area contributed by atoms with Crippen molar-refractivity contribution < 1.29 is 35.7 Å². The third kappa shape index (κ3) is 4.61. The maximum absolute atomic E-state index is 13.4. The fourth-order valence-electron chi connectivity index (χ4n) is 5.01. The van der Waals surface area contributed by atoms with Gasteiger partial charge < -0.3 is 10.0 Å². The highest BCUT2D eigenvalue weighted by molar-refractivity contribution is 7.87. The molecule has 1 aliphatic rings. The van der Waals surface area contributed by atoms with Gasteiger partial charge in [-0.3, -0.25) is 0 Å². The maximum Gasteiger partial charge on any atom is 0.523 e. The Kier molecular flexibility index (Phi) is 6.99. The van der Waals surface area contributed by atoms with Gasteiger partial charge in [-0.2, -0.15) is 26.9 Å². The minimum atomic E-state index is -6.09. The molecule has 0 bridgehead atoms. The largest absolute Gasteiger partial charge is 0.523 e. The lowest BCUT2D eigenvalue weighted by molar-refractivity contribution is -0.0563. The van der Waals surface area contributed by atoms with Gasteiger partial charge in [0.1, 0.15) is 6.10 Å². The van der Waals surface area contributed by atoms with Crippen molar-refractivity contribution in [2.45, 2.75) is 38.3 Å². The number of carbonyl (C=O) groups is 1. The molecule has 1 aliphatic heterocycles. The normalized spacial score (nSPS) is 15.0. The van der Waals surface area contributed by atoms with Crippen LogP contribution in [0.25, 0.3) is 11.1 Å². The van der Waals surface area contributed by atoms with Crippen molar-refractivity contribution in [1.29, 1.82) is 5.26 Å². The Morgan fingerprint density at radius 3 is 2.32 bits per heavy atom. The van der Waals surface area contributed by atoms with Gasteiger partial charge in [-0.05, 0) is 60.2 Å². The lowest BCUT2D eigenvalue weighted by atomic mass is 9.83. The number of aryl methyl sites for hydroxylation is 3. The summed E-state index contributed by atoms with van der Waals surface area (Å²) >= 11 is 0. The lowest BCUT2D eigenvalue weighted by Gasteiger charge is -2.36. The van der Waals surface area contributed by atoms with Gasteiger partial charge in [-0.15, -0.1) is 0 Å². The van der Waals surface area contributed by atoms with Gasteiger partial charge in [0, 0.05) is 36.0 Å². The predicted molar refractivity (Wildman–Crippen MR) is 135 cm³/mol. The molecule has 11 heteroatoms. The molecule has 0 aliphatic carbocycles. The van der Waals surface area contributed by atoms with Crippen LogP contribution in [0.15, 0.2) is 48.5 Å². The Labute approximate surface area is 217 Å². The van der Waals surface area contributed by atoms with E-state index in [9.17, 15) is 31.5 Å². The Bertz CT molecular complexity index is 1570. The number of alkyl halides is 3. The highest BCUT2D eigenvalue weighted by atomic mass is 32.2. The minimum Gasteiger partial charge on any atom is -0.478 e. The van der Waals surface area contributed by atoms with Crippen LogP contribution in [0.3, 0.4) is 0 Å². The van der Waals surface area contributed by atoms with Gasteiger partial charge in [-0.1, -0.05) is 36.4 Å². The van der Waals surface area contributed by atoms with E-state index in [1.54, 1.807) is 50.1 Å². The van der Waals surface area contributed by atoms with Gasteiger partial charge in [0.15, 0.2) is 0 Å². The number of benzene rings is 3. The third-order valence-electron chi connectivity index (χ3n) is 6.53. The number of fused-ring (bicyclic) bond motifs is 2. The van der Waals surface area contributed by atoms with Crippen LogP contribution in [-0.4, -0.2) is 32.0 Å². The highest BCUT2D eigenvalue weighted by Crippen LogP contribution is 2.50. The molecule has 0 saturated heterocycles. The molecule has 0 spiro atoms. The number of nitrogens with zero attached hydrogens (tertiary/aromatic N) is 2. The van der Waals surface area contributed by atoms with E-state index in [1.165, 1.54) is 12.1 Å². The fraction of sp³-hybridized carbons (Fsp3) is 0.259. The zero-order valence-corrected chi connectivity index (χ0v) is 21.4. The average Bonchev–Trinajstić information content (AvgIpc) is 2.83. The molecule has 4 rings (SSSR count). The second kappa shape index (κ2) is 9.78. The van der Waals surface area contributed by atoms with Gasteiger partial charge >= 0.3 is 21.6 Å². The first-order valence-corrected chi connectivity index (χ1v) is 12.9. The number of halogens is 3. The van der Waals surface area contributed by atoms with Gasteiger partial charge in [0.25, 0.3) is 0 Å². The van der Waals surface area contributed by atoms with E-state index in [4.69, 9.17) is 9.44 Å². The second-order valence-electron chi connectivity index (χ2n) is 8.98. The fourth-order valence-corrected chi connectivity index (χ4v) is 5.57. The van der Waals surface area contributed by atoms with Crippen molar-refractivity contribution in [3.05, 3.63) is 81.9 Å². The van der Waals surface area contributed by atoms with Crippen molar-refractivity contribution in [1.82, 2.24) is 0 Å². The average molecular weight is 545 g/mol. The van der Waals surface area contributed by atoms with Crippen LogP contribution in [0, 0.1) is 25.2 Å². The van der Waals surface area contributed by atoms with Gasteiger partial charge in [-0.25, -0.2) is 8.98 Å². The number of aromatic carboxylic acids is 1. The number of nitriles is 1. The van der Waals surface area contributed by atoms with Crippen LogP contribution >= 0.6 is 0 Å². The molecule has 0 radical (unpaired) electrons. The lowest BCUT2D eigenvalue weighted by Crippen LogP contribution is -2.31. The Balaban J connectivity index is 2.03. The summed E-state index contributed by atoms with van der Waals surface area (Å²) in [5.41, 5.74) is -2.57. The summed E-state index contributed by atoms with van der Waals surface area (Å²) in [6.07, 6.45) is -1.05. The van der Waals surface area contributed by atoms with E-state index in [2.05, 4.69) is 6.07 Å². The van der Waals surface area contributed by atoms with Crippen molar-refractivity contribution in [2.24, 2.45) is 0 Å². The van der Waals surface area contributed by atoms with Crippen LogP contribution in [0.4, 0.5) is 24.5 Å². The zero-order chi connectivity index (χ0) is 28.0. The molecule has 0 amide bonds. The Morgan fingerprint density at radius 2 is 1.74 bits per heavy atom. The summed E-state index contributed by atoms with van der Waals surface area (Å²) in [4.78, 5) is 14.3. The number of hydrogen-bond donors (Lipinski definition) is 1. The molecule has 0 fully saturated rings. The van der Waals surface area contributed by atoms with Crippen LogP contribution in [0.5, 0.6) is 0 Å². The molecule has 1 unspecified atom stereocenters. The first-order valence-electron chi connectivity index (χ1n) is 11.5. The van der Waals surface area contributed by atoms with E-state index >= 15 is 0 Å². The molecule has 38 heavy (non-hydrogen) atoms. The number of rotatable bonds is 6. The van der Waals surface area contributed by atoms with Crippen molar-refractivity contribution in [3.8, 4) is 17.2 Å².